The van der Waals surface area contributed by atoms with E-state index in [2.05, 4.69) is 15.0 Å². The van der Waals surface area contributed by atoms with E-state index in [0.717, 1.165) is 0 Å². The van der Waals surface area contributed by atoms with Gasteiger partial charge in [0.05, 0.1) is 28.8 Å². The predicted molar refractivity (Wildman–Crippen MR) is 113 cm³/mol. The standard InChI is InChI=1S/C21H18FN5O2S/c1-13-14(2)24-12-26(20(13)29)11-19(28)27(10-16-5-3-4-8-23-16)21-25-17-7-6-15(22)9-18(17)30-21/h3-9,12H,10-11H2,1-2H3. The lowest BCUT2D eigenvalue weighted by Crippen LogP contribution is -2.37. The zero-order valence-corrected chi connectivity index (χ0v) is 17.2. The van der Waals surface area contributed by atoms with Crippen LogP contribution in [0.1, 0.15) is 17.0 Å². The number of rotatable bonds is 5. The molecule has 0 unspecified atom stereocenters. The number of aromatic nitrogens is 4. The molecule has 0 atom stereocenters. The molecule has 0 spiro atoms. The van der Waals surface area contributed by atoms with E-state index in [1.54, 1.807) is 38.2 Å². The van der Waals surface area contributed by atoms with Gasteiger partial charge in [-0.3, -0.25) is 24.0 Å². The van der Waals surface area contributed by atoms with Crippen LogP contribution in [0.2, 0.25) is 0 Å². The fourth-order valence-electron chi connectivity index (χ4n) is 2.94. The van der Waals surface area contributed by atoms with Crippen molar-refractivity contribution in [2.24, 2.45) is 0 Å². The van der Waals surface area contributed by atoms with Crippen LogP contribution in [-0.2, 0) is 17.9 Å². The molecule has 0 radical (unpaired) electrons. The van der Waals surface area contributed by atoms with Crippen LogP contribution in [0, 0.1) is 19.7 Å². The Hall–Kier alpha value is -3.46. The van der Waals surface area contributed by atoms with Gasteiger partial charge in [0.25, 0.3) is 5.56 Å². The van der Waals surface area contributed by atoms with Gasteiger partial charge in [0.15, 0.2) is 5.13 Å². The lowest BCUT2D eigenvalue weighted by atomic mass is 10.3. The van der Waals surface area contributed by atoms with Crippen LogP contribution in [-0.4, -0.2) is 25.4 Å². The highest BCUT2D eigenvalue weighted by atomic mass is 32.1. The first kappa shape index (κ1) is 19.8. The summed E-state index contributed by atoms with van der Waals surface area (Å²) in [7, 11) is 0. The van der Waals surface area contributed by atoms with Gasteiger partial charge in [-0.15, -0.1) is 0 Å². The SMILES string of the molecule is Cc1ncn(CC(=O)N(Cc2ccccn2)c2nc3ccc(F)cc3s2)c(=O)c1C. The van der Waals surface area contributed by atoms with Gasteiger partial charge in [0.1, 0.15) is 12.4 Å². The number of hydrogen-bond acceptors (Lipinski definition) is 6. The molecule has 1 aromatic carbocycles. The topological polar surface area (TPSA) is 81.0 Å². The van der Waals surface area contributed by atoms with Gasteiger partial charge in [-0.25, -0.2) is 14.4 Å². The first-order chi connectivity index (χ1) is 14.4. The van der Waals surface area contributed by atoms with Crippen LogP contribution < -0.4 is 10.5 Å². The average molecular weight is 423 g/mol. The molecule has 0 aliphatic carbocycles. The van der Waals surface area contributed by atoms with E-state index in [1.165, 1.54) is 39.3 Å². The van der Waals surface area contributed by atoms with Gasteiger partial charge in [-0.05, 0) is 44.2 Å². The number of nitrogens with zero attached hydrogens (tertiary/aromatic N) is 5. The van der Waals surface area contributed by atoms with Gasteiger partial charge >= 0.3 is 0 Å². The number of pyridine rings is 1. The Labute approximate surface area is 175 Å². The summed E-state index contributed by atoms with van der Waals surface area (Å²) in [5.74, 6) is -0.708. The second kappa shape index (κ2) is 8.11. The molecule has 0 fully saturated rings. The fourth-order valence-corrected chi connectivity index (χ4v) is 3.94. The molecule has 3 heterocycles. The highest BCUT2D eigenvalue weighted by molar-refractivity contribution is 7.22. The van der Waals surface area contributed by atoms with Crippen LogP contribution >= 0.6 is 11.3 Å². The third kappa shape index (κ3) is 3.97. The maximum Gasteiger partial charge on any atom is 0.256 e. The minimum Gasteiger partial charge on any atom is -0.289 e. The van der Waals surface area contributed by atoms with Crippen molar-refractivity contribution in [3.8, 4) is 0 Å². The van der Waals surface area contributed by atoms with E-state index >= 15 is 0 Å². The lowest BCUT2D eigenvalue weighted by Gasteiger charge is -2.20. The molecule has 1 amide bonds. The zero-order chi connectivity index (χ0) is 21.3. The molecule has 30 heavy (non-hydrogen) atoms. The van der Waals surface area contributed by atoms with Gasteiger partial charge in [-0.1, -0.05) is 17.4 Å². The minimum absolute atomic E-state index is 0.176. The van der Waals surface area contributed by atoms with E-state index in [0.29, 0.717) is 32.3 Å². The number of anilines is 1. The number of amides is 1. The maximum absolute atomic E-state index is 13.6. The Bertz CT molecular complexity index is 1290. The zero-order valence-electron chi connectivity index (χ0n) is 16.4. The van der Waals surface area contributed by atoms with E-state index < -0.39 is 0 Å². The molecule has 0 aliphatic rings. The molecule has 7 nitrogen and oxygen atoms in total. The molecule has 0 saturated heterocycles. The molecular weight excluding hydrogens is 405 g/mol. The third-order valence-corrected chi connectivity index (χ3v) is 5.78. The molecule has 3 aromatic heterocycles. The van der Waals surface area contributed by atoms with E-state index in [1.807, 2.05) is 6.07 Å². The summed E-state index contributed by atoms with van der Waals surface area (Å²) in [6.07, 6.45) is 3.01. The number of carbonyl (C=O) groups excluding carboxylic acids is 1. The average Bonchev–Trinajstić information content (AvgIpc) is 3.16. The number of fused-ring (bicyclic) bond motifs is 1. The molecule has 0 bridgehead atoms. The second-order valence-corrected chi connectivity index (χ2v) is 7.81. The molecular formula is C21H18FN5O2S. The molecule has 0 aliphatic heterocycles. The summed E-state index contributed by atoms with van der Waals surface area (Å²) in [6, 6.07) is 9.71. The summed E-state index contributed by atoms with van der Waals surface area (Å²) in [4.78, 5) is 40.1. The first-order valence-electron chi connectivity index (χ1n) is 9.21. The van der Waals surface area contributed by atoms with Crippen molar-refractivity contribution in [1.82, 2.24) is 19.5 Å². The van der Waals surface area contributed by atoms with Crippen molar-refractivity contribution in [3.63, 3.8) is 0 Å². The highest BCUT2D eigenvalue weighted by Crippen LogP contribution is 2.30. The Kier molecular flexibility index (Phi) is 5.37. The number of aryl methyl sites for hydroxylation is 1. The second-order valence-electron chi connectivity index (χ2n) is 6.80. The Balaban J connectivity index is 1.71. The van der Waals surface area contributed by atoms with E-state index in [-0.39, 0.29) is 30.4 Å². The summed E-state index contributed by atoms with van der Waals surface area (Å²) < 4.78 is 15.5. The van der Waals surface area contributed by atoms with Crippen LogP contribution in [0.5, 0.6) is 0 Å². The van der Waals surface area contributed by atoms with Crippen molar-refractivity contribution >= 4 is 32.6 Å². The Morgan fingerprint density at radius 1 is 1.20 bits per heavy atom. The van der Waals surface area contributed by atoms with Gasteiger partial charge in [0.2, 0.25) is 5.91 Å². The summed E-state index contributed by atoms with van der Waals surface area (Å²) >= 11 is 1.21. The molecule has 4 rings (SSSR count). The third-order valence-electron chi connectivity index (χ3n) is 4.74. The van der Waals surface area contributed by atoms with Crippen LogP contribution in [0.15, 0.2) is 53.7 Å². The summed E-state index contributed by atoms with van der Waals surface area (Å²) in [5, 5.41) is 0.413. The minimum atomic E-state index is -0.368. The largest absolute Gasteiger partial charge is 0.289 e. The van der Waals surface area contributed by atoms with Crippen LogP contribution in [0.4, 0.5) is 9.52 Å². The van der Waals surface area contributed by atoms with Gasteiger partial charge < -0.3 is 0 Å². The molecule has 4 aromatic rings. The fraction of sp³-hybridized carbons (Fsp3) is 0.190. The van der Waals surface area contributed by atoms with Crippen molar-refractivity contribution < 1.29 is 9.18 Å². The summed E-state index contributed by atoms with van der Waals surface area (Å²) in [6.45, 7) is 3.41. The number of carbonyl (C=O) groups is 1. The first-order valence-corrected chi connectivity index (χ1v) is 10.0. The number of hydrogen-bond donors (Lipinski definition) is 0. The smallest absolute Gasteiger partial charge is 0.256 e. The number of halogens is 1. The van der Waals surface area contributed by atoms with Gasteiger partial charge in [-0.2, -0.15) is 0 Å². The van der Waals surface area contributed by atoms with E-state index in [4.69, 9.17) is 0 Å². The van der Waals surface area contributed by atoms with E-state index in [9.17, 15) is 14.0 Å². The molecule has 0 N–H and O–H groups in total. The molecule has 152 valence electrons. The number of benzene rings is 1. The summed E-state index contributed by atoms with van der Waals surface area (Å²) in [5.41, 5.74) is 2.13. The predicted octanol–water partition coefficient (Wildman–Crippen LogP) is 3.24. The number of thiazole rings is 1. The lowest BCUT2D eigenvalue weighted by molar-refractivity contribution is -0.119. The Morgan fingerprint density at radius 3 is 2.80 bits per heavy atom. The van der Waals surface area contributed by atoms with Crippen molar-refractivity contribution in [2.75, 3.05) is 4.90 Å². The molecule has 9 heteroatoms. The van der Waals surface area contributed by atoms with Crippen molar-refractivity contribution in [2.45, 2.75) is 26.9 Å². The van der Waals surface area contributed by atoms with Crippen molar-refractivity contribution in [1.29, 1.82) is 0 Å². The van der Waals surface area contributed by atoms with Crippen molar-refractivity contribution in [3.05, 3.63) is 82.0 Å². The van der Waals surface area contributed by atoms with Crippen LogP contribution in [0.3, 0.4) is 0 Å². The Morgan fingerprint density at radius 2 is 2.03 bits per heavy atom. The quantitative estimate of drug-likeness (QED) is 0.492. The monoisotopic (exact) mass is 423 g/mol. The maximum atomic E-state index is 13.6. The van der Waals surface area contributed by atoms with Gasteiger partial charge in [0, 0.05) is 17.5 Å². The normalized spacial score (nSPS) is 11.0. The molecule has 0 saturated carbocycles. The highest BCUT2D eigenvalue weighted by Gasteiger charge is 2.22. The van der Waals surface area contributed by atoms with Crippen LogP contribution in [0.25, 0.3) is 10.2 Å².